The molecule has 0 amide bonds. The first-order chi connectivity index (χ1) is 13.9. The highest BCUT2D eigenvalue weighted by atomic mass is 19.1. The topological polar surface area (TPSA) is 107 Å². The van der Waals surface area contributed by atoms with Gasteiger partial charge in [-0.05, 0) is 37.3 Å². The number of hydrogen-bond acceptors (Lipinski definition) is 5. The molecule has 1 aromatic rings. The molecule has 4 N–H and O–H groups in total. The van der Waals surface area contributed by atoms with Crippen LogP contribution in [0.15, 0.2) is 48.6 Å². The van der Waals surface area contributed by atoms with E-state index in [1.165, 1.54) is 18.2 Å². The monoisotopic (exact) mass is 408 g/mol. The van der Waals surface area contributed by atoms with Gasteiger partial charge in [0, 0.05) is 18.8 Å². The molecule has 0 aromatic heterocycles. The van der Waals surface area contributed by atoms with Gasteiger partial charge in [0.25, 0.3) is 0 Å². The van der Waals surface area contributed by atoms with Crippen LogP contribution < -0.4 is 4.74 Å². The van der Waals surface area contributed by atoms with Crippen LogP contribution in [0.2, 0.25) is 0 Å². The maximum Gasteiger partial charge on any atom is 0.303 e. The molecule has 2 unspecified atom stereocenters. The van der Waals surface area contributed by atoms with Gasteiger partial charge in [0.1, 0.15) is 12.7 Å². The highest BCUT2D eigenvalue weighted by molar-refractivity contribution is 5.66. The maximum atomic E-state index is 13.5. The lowest BCUT2D eigenvalue weighted by Crippen LogP contribution is -2.21. The predicted octanol–water partition coefficient (Wildman–Crippen LogP) is 2.68. The molecule has 0 spiro atoms. The average Bonchev–Trinajstić information content (AvgIpc) is 2.94. The number of aliphatic hydroxyl groups is 3. The fourth-order valence-corrected chi connectivity index (χ4v) is 3.50. The third-order valence-electron chi connectivity index (χ3n) is 5.05. The fraction of sp³-hybridized carbons (Fsp3) is 0.500. The molecule has 1 fully saturated rings. The van der Waals surface area contributed by atoms with Crippen LogP contribution in [0.4, 0.5) is 4.39 Å². The Balaban J connectivity index is 1.84. The van der Waals surface area contributed by atoms with Crippen molar-refractivity contribution < 1.29 is 34.3 Å². The molecule has 1 aromatic carbocycles. The minimum absolute atomic E-state index is 0.0576. The van der Waals surface area contributed by atoms with Crippen LogP contribution >= 0.6 is 0 Å². The molecular formula is C22H29FO6. The van der Waals surface area contributed by atoms with Gasteiger partial charge in [0.15, 0.2) is 11.6 Å². The second-order valence-corrected chi connectivity index (χ2v) is 7.30. The Kier molecular flexibility index (Phi) is 9.31. The van der Waals surface area contributed by atoms with Crippen LogP contribution in [0.25, 0.3) is 0 Å². The Labute approximate surface area is 170 Å². The van der Waals surface area contributed by atoms with E-state index in [9.17, 15) is 24.5 Å². The lowest BCUT2D eigenvalue weighted by atomic mass is 9.89. The van der Waals surface area contributed by atoms with Crippen LogP contribution in [0.5, 0.6) is 5.75 Å². The van der Waals surface area contributed by atoms with Crippen molar-refractivity contribution in [3.63, 3.8) is 0 Å². The Morgan fingerprint density at radius 2 is 2.00 bits per heavy atom. The highest BCUT2D eigenvalue weighted by Crippen LogP contribution is 2.36. The van der Waals surface area contributed by atoms with Crippen molar-refractivity contribution in [3.8, 4) is 5.75 Å². The van der Waals surface area contributed by atoms with Gasteiger partial charge in [0.05, 0.1) is 12.2 Å². The van der Waals surface area contributed by atoms with Crippen LogP contribution in [0.3, 0.4) is 0 Å². The van der Waals surface area contributed by atoms with E-state index in [2.05, 4.69) is 0 Å². The summed E-state index contributed by atoms with van der Waals surface area (Å²) >= 11 is 0. The van der Waals surface area contributed by atoms with Gasteiger partial charge in [-0.25, -0.2) is 4.39 Å². The Morgan fingerprint density at radius 1 is 1.24 bits per heavy atom. The molecule has 2 rings (SSSR count). The number of allylic oxidation sites excluding steroid dienone is 2. The van der Waals surface area contributed by atoms with Crippen molar-refractivity contribution in [1.82, 2.24) is 0 Å². The third-order valence-corrected chi connectivity index (χ3v) is 5.05. The number of benzene rings is 1. The number of halogens is 1. The van der Waals surface area contributed by atoms with Gasteiger partial charge in [-0.2, -0.15) is 0 Å². The number of carboxylic acids is 1. The summed E-state index contributed by atoms with van der Waals surface area (Å²) in [7, 11) is 0. The van der Waals surface area contributed by atoms with E-state index in [0.29, 0.717) is 19.3 Å². The SMILES string of the molecule is O=C(O)CCC/C=C\CC1C(/C=C/[C@@H](O)COc2ccccc2F)[C@H](O)C[C@@H]1O. The number of aliphatic hydroxyl groups excluding tert-OH is 3. The number of unbranched alkanes of at least 4 members (excludes halogenated alkanes) is 1. The minimum Gasteiger partial charge on any atom is -0.487 e. The zero-order valence-electron chi connectivity index (χ0n) is 16.2. The lowest BCUT2D eigenvalue weighted by molar-refractivity contribution is -0.137. The van der Waals surface area contributed by atoms with E-state index in [-0.39, 0.29) is 37.0 Å². The average molecular weight is 408 g/mol. The lowest BCUT2D eigenvalue weighted by Gasteiger charge is -2.19. The van der Waals surface area contributed by atoms with E-state index in [1.807, 2.05) is 12.2 Å². The number of hydrogen-bond donors (Lipinski definition) is 4. The molecule has 7 heteroatoms. The van der Waals surface area contributed by atoms with Crippen LogP contribution in [0.1, 0.15) is 32.1 Å². The molecule has 1 aliphatic rings. The summed E-state index contributed by atoms with van der Waals surface area (Å²) < 4.78 is 18.8. The predicted molar refractivity (Wildman–Crippen MR) is 106 cm³/mol. The van der Waals surface area contributed by atoms with Crippen molar-refractivity contribution >= 4 is 5.97 Å². The largest absolute Gasteiger partial charge is 0.487 e. The number of ether oxygens (including phenoxy) is 1. The maximum absolute atomic E-state index is 13.5. The summed E-state index contributed by atoms with van der Waals surface area (Å²) in [6.07, 6.45) is 6.72. The van der Waals surface area contributed by atoms with Gasteiger partial charge >= 0.3 is 5.97 Å². The molecule has 5 atom stereocenters. The number of aliphatic carboxylic acids is 1. The second kappa shape index (κ2) is 11.7. The molecule has 1 saturated carbocycles. The molecule has 0 bridgehead atoms. The number of carboxylic acid groups (broad SMARTS) is 1. The minimum atomic E-state index is -0.980. The number of rotatable bonds is 11. The molecule has 0 radical (unpaired) electrons. The smallest absolute Gasteiger partial charge is 0.303 e. The third kappa shape index (κ3) is 7.61. The number of para-hydroxylation sites is 1. The van der Waals surface area contributed by atoms with E-state index >= 15 is 0 Å². The van der Waals surface area contributed by atoms with Gasteiger partial charge in [0.2, 0.25) is 0 Å². The first-order valence-corrected chi connectivity index (χ1v) is 9.85. The highest BCUT2D eigenvalue weighted by Gasteiger charge is 2.39. The number of carbonyl (C=O) groups is 1. The van der Waals surface area contributed by atoms with Crippen molar-refractivity contribution in [3.05, 3.63) is 54.4 Å². The molecule has 6 nitrogen and oxygen atoms in total. The standard InChI is InChI=1S/C22H29FO6/c23-18-8-5-6-9-21(18)29-14-15(24)11-12-17-16(19(25)13-20(17)26)7-3-1-2-4-10-22(27)28/h1,3,5-6,8-9,11-12,15-17,19-20,24-26H,2,4,7,10,13-14H2,(H,27,28)/b3-1-,12-11+/t15-,16?,17?,19+,20-/m1/s1. The second-order valence-electron chi connectivity index (χ2n) is 7.30. The summed E-state index contributed by atoms with van der Waals surface area (Å²) in [5, 5.41) is 39.1. The molecule has 0 aliphatic heterocycles. The molecular weight excluding hydrogens is 379 g/mol. The Hall–Kier alpha value is -2.22. The van der Waals surface area contributed by atoms with E-state index in [0.717, 1.165) is 0 Å². The molecule has 160 valence electrons. The molecule has 1 aliphatic carbocycles. The fourth-order valence-electron chi connectivity index (χ4n) is 3.50. The van der Waals surface area contributed by atoms with Gasteiger partial charge in [-0.1, -0.05) is 36.4 Å². The van der Waals surface area contributed by atoms with Crippen molar-refractivity contribution in [2.45, 2.75) is 50.4 Å². The summed E-state index contributed by atoms with van der Waals surface area (Å²) in [6.45, 7) is -0.128. The first kappa shape index (κ1) is 23.1. The summed E-state index contributed by atoms with van der Waals surface area (Å²) in [6, 6.07) is 5.93. The van der Waals surface area contributed by atoms with Crippen LogP contribution in [-0.4, -0.2) is 51.3 Å². The molecule has 0 saturated heterocycles. The van der Waals surface area contributed by atoms with E-state index in [1.54, 1.807) is 18.2 Å². The van der Waals surface area contributed by atoms with E-state index in [4.69, 9.17) is 9.84 Å². The van der Waals surface area contributed by atoms with Gasteiger partial charge in [-0.15, -0.1) is 0 Å². The summed E-state index contributed by atoms with van der Waals surface area (Å²) in [5.41, 5.74) is 0. The van der Waals surface area contributed by atoms with E-state index < -0.39 is 30.1 Å². The van der Waals surface area contributed by atoms with Crippen molar-refractivity contribution in [2.24, 2.45) is 11.8 Å². The Bertz CT molecular complexity index is 704. The quantitative estimate of drug-likeness (QED) is 0.331. The van der Waals surface area contributed by atoms with Crippen LogP contribution in [0, 0.1) is 17.7 Å². The first-order valence-electron chi connectivity index (χ1n) is 9.85. The zero-order chi connectivity index (χ0) is 21.2. The molecule has 0 heterocycles. The summed E-state index contributed by atoms with van der Waals surface area (Å²) in [5.74, 6) is -1.79. The normalized spacial score (nSPS) is 25.7. The van der Waals surface area contributed by atoms with Gasteiger partial charge in [-0.3, -0.25) is 4.79 Å². The van der Waals surface area contributed by atoms with Crippen molar-refractivity contribution in [2.75, 3.05) is 6.61 Å². The van der Waals surface area contributed by atoms with Crippen molar-refractivity contribution in [1.29, 1.82) is 0 Å². The van der Waals surface area contributed by atoms with Gasteiger partial charge < -0.3 is 25.2 Å². The Morgan fingerprint density at radius 3 is 2.72 bits per heavy atom. The zero-order valence-corrected chi connectivity index (χ0v) is 16.2. The summed E-state index contributed by atoms with van der Waals surface area (Å²) in [4.78, 5) is 10.5. The molecule has 29 heavy (non-hydrogen) atoms. The van der Waals surface area contributed by atoms with Crippen LogP contribution in [-0.2, 0) is 4.79 Å².